The Labute approximate surface area is 141 Å². The van der Waals surface area contributed by atoms with Crippen LogP contribution in [0, 0.1) is 0 Å². The molecule has 0 radical (unpaired) electrons. The van der Waals surface area contributed by atoms with E-state index in [1.807, 2.05) is 24.4 Å². The summed E-state index contributed by atoms with van der Waals surface area (Å²) in [4.78, 5) is 11.6. The first-order valence-electron chi connectivity index (χ1n) is 8.73. The van der Waals surface area contributed by atoms with Gasteiger partial charge >= 0.3 is 0 Å². The van der Waals surface area contributed by atoms with Gasteiger partial charge in [0.1, 0.15) is 5.52 Å². The minimum atomic E-state index is -0.498. The number of benzene rings is 2. The number of nitrogens with two attached hydrogens (primary N) is 1. The number of hydrogen-bond acceptors (Lipinski definition) is 3. The maximum atomic E-state index is 11.6. The third kappa shape index (κ3) is 2.67. The Morgan fingerprint density at radius 1 is 1.33 bits per heavy atom. The van der Waals surface area contributed by atoms with Gasteiger partial charge in [-0.1, -0.05) is 24.3 Å². The molecule has 1 amide bonds. The zero-order valence-corrected chi connectivity index (χ0v) is 13.3. The van der Waals surface area contributed by atoms with Crippen molar-refractivity contribution in [3.8, 4) is 5.69 Å². The molecule has 5 nitrogen and oxygen atoms in total. The SMILES string of the molecule is [2H]c1cc([C@H]2CCCNC2)ccc1-n1cc2cccc(C(N)=O)c2n1. The van der Waals surface area contributed by atoms with Gasteiger partial charge in [-0.2, -0.15) is 5.10 Å². The molecule has 2 aromatic carbocycles. The van der Waals surface area contributed by atoms with E-state index in [0.29, 0.717) is 28.7 Å². The molecule has 3 N–H and O–H groups in total. The number of aromatic nitrogens is 2. The van der Waals surface area contributed by atoms with Crippen molar-refractivity contribution in [2.45, 2.75) is 18.8 Å². The molecular weight excluding hydrogens is 300 g/mol. The van der Waals surface area contributed by atoms with Crippen LogP contribution >= 0.6 is 0 Å². The van der Waals surface area contributed by atoms with Gasteiger partial charge < -0.3 is 11.1 Å². The van der Waals surface area contributed by atoms with Gasteiger partial charge in [-0.3, -0.25) is 4.79 Å². The Morgan fingerprint density at radius 3 is 3.00 bits per heavy atom. The zero-order chi connectivity index (χ0) is 17.4. The van der Waals surface area contributed by atoms with Gasteiger partial charge in [0.25, 0.3) is 5.91 Å². The number of nitrogens with zero attached hydrogens (tertiary/aromatic N) is 2. The Balaban J connectivity index is 1.73. The molecule has 0 saturated carbocycles. The van der Waals surface area contributed by atoms with Crippen LogP contribution in [-0.4, -0.2) is 28.8 Å². The summed E-state index contributed by atoms with van der Waals surface area (Å²) < 4.78 is 10.1. The minimum absolute atomic E-state index is 0.396. The molecule has 1 aliphatic heterocycles. The average Bonchev–Trinajstić information content (AvgIpc) is 3.06. The topological polar surface area (TPSA) is 72.9 Å². The standard InChI is InChI=1S/C19H20N4O/c20-19(24)17-5-1-3-15-12-23(22-18(15)17)16-8-6-13(7-9-16)14-4-2-10-21-11-14/h1,3,5-9,12,14,21H,2,4,10-11H2,(H2,20,24)/t14-/m0/s1/i8D. The number of piperidine rings is 1. The summed E-state index contributed by atoms with van der Waals surface area (Å²) >= 11 is 0. The molecule has 1 aliphatic rings. The predicted octanol–water partition coefficient (Wildman–Crippen LogP) is 2.59. The quantitative estimate of drug-likeness (QED) is 0.779. The lowest BCUT2D eigenvalue weighted by Crippen LogP contribution is -2.28. The minimum Gasteiger partial charge on any atom is -0.366 e. The summed E-state index contributed by atoms with van der Waals surface area (Å²) in [5.74, 6) is -0.0350. The van der Waals surface area contributed by atoms with E-state index >= 15 is 0 Å². The third-order valence-corrected chi connectivity index (χ3v) is 4.64. The van der Waals surface area contributed by atoms with Crippen molar-refractivity contribution >= 4 is 16.8 Å². The van der Waals surface area contributed by atoms with Crippen LogP contribution in [0.2, 0.25) is 0 Å². The van der Waals surface area contributed by atoms with E-state index in [0.717, 1.165) is 24.9 Å². The summed E-state index contributed by atoms with van der Waals surface area (Å²) in [6.45, 7) is 2.04. The van der Waals surface area contributed by atoms with Gasteiger partial charge in [0.05, 0.1) is 12.6 Å². The average molecular weight is 321 g/mol. The number of hydrogen-bond donors (Lipinski definition) is 2. The van der Waals surface area contributed by atoms with Crippen LogP contribution in [0.4, 0.5) is 0 Å². The second kappa shape index (κ2) is 6.09. The molecule has 4 rings (SSSR count). The van der Waals surface area contributed by atoms with Crippen molar-refractivity contribution in [2.75, 3.05) is 13.1 Å². The molecule has 1 saturated heterocycles. The molecule has 0 spiro atoms. The summed E-state index contributed by atoms with van der Waals surface area (Å²) in [7, 11) is 0. The predicted molar refractivity (Wildman–Crippen MR) is 94.4 cm³/mol. The van der Waals surface area contributed by atoms with Crippen molar-refractivity contribution in [3.05, 3.63) is 59.8 Å². The van der Waals surface area contributed by atoms with E-state index in [1.165, 1.54) is 12.0 Å². The lowest BCUT2D eigenvalue weighted by atomic mass is 9.92. The monoisotopic (exact) mass is 321 g/mol. The molecular formula is C19H20N4O. The summed E-state index contributed by atoms with van der Waals surface area (Å²) in [5, 5.41) is 8.73. The number of carbonyl (C=O) groups excluding carboxylic acids is 1. The van der Waals surface area contributed by atoms with Gasteiger partial charge in [-0.05, 0) is 49.0 Å². The van der Waals surface area contributed by atoms with Crippen molar-refractivity contribution in [1.29, 1.82) is 0 Å². The van der Waals surface area contributed by atoms with E-state index < -0.39 is 5.91 Å². The first kappa shape index (κ1) is 13.7. The fraction of sp³-hybridized carbons (Fsp3) is 0.263. The van der Waals surface area contributed by atoms with Crippen LogP contribution in [-0.2, 0) is 0 Å². The van der Waals surface area contributed by atoms with Crippen LogP contribution in [0.5, 0.6) is 0 Å². The molecule has 5 heteroatoms. The Morgan fingerprint density at radius 2 is 2.25 bits per heavy atom. The summed E-state index contributed by atoms with van der Waals surface area (Å²) in [6, 6.07) is 11.7. The zero-order valence-electron chi connectivity index (χ0n) is 14.3. The van der Waals surface area contributed by atoms with Crippen LogP contribution in [0.1, 0.15) is 36.1 Å². The molecule has 1 atom stereocenters. The van der Waals surface area contributed by atoms with Crippen LogP contribution < -0.4 is 11.1 Å². The first-order valence-corrected chi connectivity index (χ1v) is 8.23. The highest BCUT2D eigenvalue weighted by Gasteiger charge is 2.15. The smallest absolute Gasteiger partial charge is 0.250 e. The molecule has 1 fully saturated rings. The number of primary amides is 1. The molecule has 3 aromatic rings. The molecule has 122 valence electrons. The fourth-order valence-electron chi connectivity index (χ4n) is 3.33. The van der Waals surface area contributed by atoms with E-state index in [4.69, 9.17) is 7.10 Å². The fourth-order valence-corrected chi connectivity index (χ4v) is 3.33. The molecule has 24 heavy (non-hydrogen) atoms. The highest BCUT2D eigenvalue weighted by atomic mass is 16.1. The Bertz CT molecular complexity index is 944. The number of carbonyl (C=O) groups is 1. The van der Waals surface area contributed by atoms with E-state index in [1.54, 1.807) is 16.8 Å². The molecule has 2 heterocycles. The lowest BCUT2D eigenvalue weighted by molar-refractivity contribution is 0.100. The van der Waals surface area contributed by atoms with Crippen molar-refractivity contribution in [1.82, 2.24) is 15.1 Å². The van der Waals surface area contributed by atoms with Crippen LogP contribution in [0.25, 0.3) is 16.6 Å². The maximum Gasteiger partial charge on any atom is 0.250 e. The largest absolute Gasteiger partial charge is 0.366 e. The highest BCUT2D eigenvalue weighted by Crippen LogP contribution is 2.25. The summed E-state index contributed by atoms with van der Waals surface area (Å²) in [6.07, 6.45) is 4.15. The van der Waals surface area contributed by atoms with Crippen molar-refractivity contribution < 1.29 is 6.17 Å². The van der Waals surface area contributed by atoms with Gasteiger partial charge in [-0.15, -0.1) is 0 Å². The van der Waals surface area contributed by atoms with Crippen molar-refractivity contribution in [2.24, 2.45) is 5.73 Å². The molecule has 0 aliphatic carbocycles. The van der Waals surface area contributed by atoms with Crippen LogP contribution in [0.3, 0.4) is 0 Å². The highest BCUT2D eigenvalue weighted by molar-refractivity contribution is 6.04. The Hall–Kier alpha value is -2.66. The number of nitrogens with one attached hydrogen (secondary N) is 1. The number of rotatable bonds is 3. The summed E-state index contributed by atoms with van der Waals surface area (Å²) in [5.41, 5.74) is 8.27. The maximum absolute atomic E-state index is 11.6. The second-order valence-corrected chi connectivity index (χ2v) is 6.23. The normalized spacial score (nSPS) is 18.5. The van der Waals surface area contributed by atoms with E-state index in [2.05, 4.69) is 16.5 Å². The van der Waals surface area contributed by atoms with Crippen molar-refractivity contribution in [3.63, 3.8) is 0 Å². The first-order chi connectivity index (χ1) is 12.1. The van der Waals surface area contributed by atoms with Gasteiger partial charge in [0.2, 0.25) is 0 Å². The lowest BCUT2D eigenvalue weighted by Gasteiger charge is -2.23. The van der Waals surface area contributed by atoms with Gasteiger partial charge in [0, 0.05) is 18.1 Å². The molecule has 0 bridgehead atoms. The van der Waals surface area contributed by atoms with E-state index in [-0.39, 0.29) is 0 Å². The number of fused-ring (bicyclic) bond motifs is 1. The van der Waals surface area contributed by atoms with Gasteiger partial charge in [-0.25, -0.2) is 4.68 Å². The number of amides is 1. The molecule has 0 unspecified atom stereocenters. The Kier molecular flexibility index (Phi) is 3.49. The van der Waals surface area contributed by atoms with Crippen LogP contribution in [0.15, 0.2) is 48.6 Å². The molecule has 1 aromatic heterocycles. The second-order valence-electron chi connectivity index (χ2n) is 6.23. The third-order valence-electron chi connectivity index (χ3n) is 4.64. The van der Waals surface area contributed by atoms with E-state index in [9.17, 15) is 4.79 Å². The van der Waals surface area contributed by atoms with Gasteiger partial charge in [0.15, 0.2) is 0 Å².